The van der Waals surface area contributed by atoms with Crippen LogP contribution in [0, 0.1) is 0 Å². The lowest BCUT2D eigenvalue weighted by atomic mass is 10.2. The summed E-state index contributed by atoms with van der Waals surface area (Å²) in [5, 5.41) is 13.6. The first-order valence-corrected chi connectivity index (χ1v) is 8.49. The number of hydrazone groups is 1. The average molecular weight is 371 g/mol. The van der Waals surface area contributed by atoms with Gasteiger partial charge in [-0.1, -0.05) is 11.6 Å². The molecule has 0 saturated heterocycles. The van der Waals surface area contributed by atoms with Crippen molar-refractivity contribution in [2.24, 2.45) is 5.10 Å². The number of nitrogens with one attached hydrogen (secondary N) is 1. The van der Waals surface area contributed by atoms with Gasteiger partial charge >= 0.3 is 0 Å². The Labute approximate surface area is 144 Å². The molecule has 0 heterocycles. The predicted molar refractivity (Wildman–Crippen MR) is 90.6 cm³/mol. The second-order valence-corrected chi connectivity index (χ2v) is 6.65. The van der Waals surface area contributed by atoms with Crippen molar-refractivity contribution in [1.29, 1.82) is 0 Å². The van der Waals surface area contributed by atoms with E-state index in [2.05, 4.69) is 9.93 Å². The highest BCUT2D eigenvalue weighted by atomic mass is 35.5. The normalized spacial score (nSPS) is 11.5. The van der Waals surface area contributed by atoms with E-state index in [9.17, 15) is 13.5 Å². The van der Waals surface area contributed by atoms with Crippen LogP contribution in [0.15, 0.2) is 46.4 Å². The van der Waals surface area contributed by atoms with Gasteiger partial charge in [-0.3, -0.25) is 0 Å². The molecular weight excluding hydrogens is 356 g/mol. The van der Waals surface area contributed by atoms with E-state index < -0.39 is 10.0 Å². The number of hydrogen-bond acceptors (Lipinski definition) is 6. The van der Waals surface area contributed by atoms with Crippen molar-refractivity contribution in [3.63, 3.8) is 0 Å². The number of ether oxygens (including phenoxy) is 2. The molecule has 128 valence electrons. The predicted octanol–water partition coefficient (Wildman–Crippen LogP) is 2.38. The van der Waals surface area contributed by atoms with Crippen LogP contribution in [0.4, 0.5) is 0 Å². The van der Waals surface area contributed by atoms with Gasteiger partial charge in [-0.25, -0.2) is 0 Å². The number of hydrogen-bond donors (Lipinski definition) is 2. The van der Waals surface area contributed by atoms with Gasteiger partial charge in [0.05, 0.1) is 20.4 Å². The molecule has 2 aromatic rings. The highest BCUT2D eigenvalue weighted by Gasteiger charge is 2.19. The molecule has 24 heavy (non-hydrogen) atoms. The lowest BCUT2D eigenvalue weighted by Crippen LogP contribution is -2.19. The molecule has 0 aliphatic heterocycles. The Balaban J connectivity index is 2.21. The zero-order valence-electron chi connectivity index (χ0n) is 12.9. The number of phenolic OH excluding ortho intramolecular Hbond substituents is 1. The van der Waals surface area contributed by atoms with E-state index in [1.165, 1.54) is 50.8 Å². The number of methoxy groups -OCH3 is 2. The second-order valence-electron chi connectivity index (χ2n) is 4.58. The zero-order valence-corrected chi connectivity index (χ0v) is 14.4. The van der Waals surface area contributed by atoms with E-state index in [1.54, 1.807) is 6.07 Å². The van der Waals surface area contributed by atoms with Crippen LogP contribution in [-0.4, -0.2) is 34.0 Å². The lowest BCUT2D eigenvalue weighted by Gasteiger charge is -2.09. The summed E-state index contributed by atoms with van der Waals surface area (Å²) in [4.78, 5) is 1.93. The number of halogens is 1. The molecule has 7 nitrogen and oxygen atoms in total. The quantitative estimate of drug-likeness (QED) is 0.601. The maximum absolute atomic E-state index is 12.3. The third-order valence-corrected chi connectivity index (χ3v) is 4.48. The minimum absolute atomic E-state index is 0.0826. The van der Waals surface area contributed by atoms with Crippen LogP contribution in [0.2, 0.25) is 5.02 Å². The first-order valence-electron chi connectivity index (χ1n) is 6.63. The molecule has 0 atom stereocenters. The maximum atomic E-state index is 12.3. The second kappa shape index (κ2) is 7.41. The van der Waals surface area contributed by atoms with Crippen LogP contribution in [0.1, 0.15) is 5.56 Å². The Hall–Kier alpha value is -2.45. The molecule has 0 fully saturated rings. The minimum Gasteiger partial charge on any atom is -0.504 e. The summed E-state index contributed by atoms with van der Waals surface area (Å²) < 4.78 is 34.5. The molecule has 0 aliphatic carbocycles. The van der Waals surface area contributed by atoms with E-state index in [1.807, 2.05) is 0 Å². The molecule has 0 unspecified atom stereocenters. The summed E-state index contributed by atoms with van der Waals surface area (Å²) in [7, 11) is -1.18. The molecule has 2 rings (SSSR count). The van der Waals surface area contributed by atoms with Gasteiger partial charge in [-0.05, 0) is 42.0 Å². The third-order valence-electron chi connectivity index (χ3n) is 3.00. The summed E-state index contributed by atoms with van der Waals surface area (Å²) in [5.41, 5.74) is 0.481. The van der Waals surface area contributed by atoms with Crippen molar-refractivity contribution in [3.05, 3.63) is 47.0 Å². The smallest absolute Gasteiger partial charge is 0.280 e. The zero-order chi connectivity index (χ0) is 17.7. The summed E-state index contributed by atoms with van der Waals surface area (Å²) in [5.74, 6) is 0.362. The van der Waals surface area contributed by atoms with Gasteiger partial charge in [0.25, 0.3) is 10.0 Å². The van der Waals surface area contributed by atoms with E-state index in [-0.39, 0.29) is 21.4 Å². The molecule has 0 bridgehead atoms. The fourth-order valence-corrected chi connectivity index (χ4v) is 3.09. The average Bonchev–Trinajstić information content (AvgIpc) is 2.55. The molecule has 9 heteroatoms. The Bertz CT molecular complexity index is 868. The fourth-order valence-electron chi connectivity index (χ4n) is 1.87. The van der Waals surface area contributed by atoms with Crippen LogP contribution in [0.5, 0.6) is 17.2 Å². The molecule has 0 aromatic heterocycles. The van der Waals surface area contributed by atoms with E-state index in [4.69, 9.17) is 21.1 Å². The van der Waals surface area contributed by atoms with Crippen molar-refractivity contribution >= 4 is 27.8 Å². The maximum Gasteiger partial charge on any atom is 0.280 e. The Morgan fingerprint density at radius 3 is 2.42 bits per heavy atom. The highest BCUT2D eigenvalue weighted by molar-refractivity contribution is 7.89. The van der Waals surface area contributed by atoms with Crippen LogP contribution < -0.4 is 14.3 Å². The number of phenols is 1. The first kappa shape index (κ1) is 17.9. The molecule has 0 saturated carbocycles. The number of sulfonamides is 1. The topological polar surface area (TPSA) is 97.2 Å². The van der Waals surface area contributed by atoms with Crippen LogP contribution in [0.25, 0.3) is 0 Å². The Morgan fingerprint density at radius 2 is 1.79 bits per heavy atom. The number of nitrogens with zero attached hydrogens (tertiary/aromatic N) is 1. The Kier molecular flexibility index (Phi) is 5.53. The minimum atomic E-state index is -3.96. The summed E-state index contributed by atoms with van der Waals surface area (Å²) in [6.07, 6.45) is 1.24. The van der Waals surface area contributed by atoms with Gasteiger partial charge in [0, 0.05) is 5.02 Å². The van der Waals surface area contributed by atoms with Gasteiger partial charge in [0.2, 0.25) is 0 Å². The SMILES string of the molecule is COc1ccc(/C=N/NS(=O)(=O)c2cc(Cl)ccc2OC)cc1O. The third kappa shape index (κ3) is 4.09. The van der Waals surface area contributed by atoms with Crippen molar-refractivity contribution in [2.75, 3.05) is 14.2 Å². The molecule has 0 aliphatic rings. The van der Waals surface area contributed by atoms with Crippen molar-refractivity contribution in [1.82, 2.24) is 4.83 Å². The molecule has 0 spiro atoms. The monoisotopic (exact) mass is 370 g/mol. The van der Waals surface area contributed by atoms with Crippen LogP contribution in [-0.2, 0) is 10.0 Å². The van der Waals surface area contributed by atoms with Crippen molar-refractivity contribution in [3.8, 4) is 17.2 Å². The molecular formula is C15H15ClN2O5S. The van der Waals surface area contributed by atoms with Gasteiger partial charge < -0.3 is 14.6 Å². The van der Waals surface area contributed by atoms with Gasteiger partial charge in [0.15, 0.2) is 11.5 Å². The highest BCUT2D eigenvalue weighted by Crippen LogP contribution is 2.27. The van der Waals surface area contributed by atoms with Crippen LogP contribution in [0.3, 0.4) is 0 Å². The molecule has 2 aromatic carbocycles. The number of rotatable bonds is 6. The molecule has 2 N–H and O–H groups in total. The summed E-state index contributed by atoms with van der Waals surface area (Å²) >= 11 is 5.83. The standard InChI is InChI=1S/C15H15ClN2O5S/c1-22-13-5-3-10(7-12(13)19)9-17-18-24(20,21)15-8-11(16)4-6-14(15)23-2/h3-9,18-19H,1-2H3/b17-9+. The molecule has 0 radical (unpaired) electrons. The van der Waals surface area contributed by atoms with E-state index in [0.29, 0.717) is 11.3 Å². The molecule has 0 amide bonds. The van der Waals surface area contributed by atoms with Crippen LogP contribution >= 0.6 is 11.6 Å². The van der Waals surface area contributed by atoms with E-state index >= 15 is 0 Å². The number of aromatic hydroxyl groups is 1. The Morgan fingerprint density at radius 1 is 1.12 bits per heavy atom. The summed E-state index contributed by atoms with van der Waals surface area (Å²) in [6, 6.07) is 8.75. The first-order chi connectivity index (χ1) is 11.4. The van der Waals surface area contributed by atoms with Gasteiger partial charge in [-0.2, -0.15) is 18.4 Å². The fraction of sp³-hybridized carbons (Fsp3) is 0.133. The lowest BCUT2D eigenvalue weighted by molar-refractivity contribution is 0.373. The summed E-state index contributed by atoms with van der Waals surface area (Å²) in [6.45, 7) is 0. The van der Waals surface area contributed by atoms with Gasteiger partial charge in [0.1, 0.15) is 10.6 Å². The van der Waals surface area contributed by atoms with Crippen molar-refractivity contribution < 1.29 is 23.0 Å². The number of benzene rings is 2. The largest absolute Gasteiger partial charge is 0.504 e. The van der Waals surface area contributed by atoms with Crippen molar-refractivity contribution in [2.45, 2.75) is 4.90 Å². The van der Waals surface area contributed by atoms with E-state index in [0.717, 1.165) is 0 Å². The van der Waals surface area contributed by atoms with Gasteiger partial charge in [-0.15, -0.1) is 0 Å².